The van der Waals surface area contributed by atoms with Crippen molar-refractivity contribution in [1.29, 1.82) is 5.26 Å². The van der Waals surface area contributed by atoms with E-state index in [0.29, 0.717) is 11.4 Å². The quantitative estimate of drug-likeness (QED) is 0.549. The summed E-state index contributed by atoms with van der Waals surface area (Å²) in [5.74, 6) is -5.60. The Morgan fingerprint density at radius 3 is 2.38 bits per heavy atom. The highest BCUT2D eigenvalue weighted by Gasteiger charge is 2.49. The van der Waals surface area contributed by atoms with Gasteiger partial charge in [-0.25, -0.2) is 8.78 Å². The number of nitrogens with one attached hydrogen (secondary N) is 1. The monoisotopic (exact) mass is 526 g/mol. The Morgan fingerprint density at radius 1 is 1.16 bits per heavy atom. The molecule has 2 heterocycles. The number of hydrogen-bond donors (Lipinski definition) is 2. The third-order valence-corrected chi connectivity index (χ3v) is 7.14. The van der Waals surface area contributed by atoms with E-state index in [2.05, 4.69) is 10.1 Å². The molecule has 1 saturated heterocycles. The molecule has 2 atom stereocenters. The zero-order valence-electron chi connectivity index (χ0n) is 19.6. The minimum atomic E-state index is -1.56. The smallest absolute Gasteiger partial charge is 0.307 e. The number of nitrogens with zero attached hydrogens (tertiary/aromatic N) is 2. The number of ether oxygens (including phenoxy) is 2. The highest BCUT2D eigenvalue weighted by Crippen LogP contribution is 2.50. The van der Waals surface area contributed by atoms with Gasteiger partial charge >= 0.3 is 5.97 Å². The summed E-state index contributed by atoms with van der Waals surface area (Å²) in [4.78, 5) is 39.7. The predicted molar refractivity (Wildman–Crippen MR) is 129 cm³/mol. The minimum Gasteiger partial charge on any atom is -0.497 e. The Morgan fingerprint density at radius 2 is 1.81 bits per heavy atom. The van der Waals surface area contributed by atoms with Crippen LogP contribution in [0.2, 0.25) is 0 Å². The van der Waals surface area contributed by atoms with Gasteiger partial charge in [0.1, 0.15) is 28.5 Å². The van der Waals surface area contributed by atoms with Crippen LogP contribution in [0.4, 0.5) is 14.5 Å². The highest BCUT2D eigenvalue weighted by molar-refractivity contribution is 8.04. The van der Waals surface area contributed by atoms with Crippen molar-refractivity contribution in [3.63, 3.8) is 0 Å². The number of benzene rings is 2. The van der Waals surface area contributed by atoms with Crippen LogP contribution in [0, 0.1) is 23.0 Å². The molecule has 12 heteroatoms. The number of allylic oxidation sites excluding steroid dienone is 1. The van der Waals surface area contributed by atoms with Gasteiger partial charge in [0.2, 0.25) is 5.91 Å². The zero-order chi connectivity index (χ0) is 26.9. The number of nitrogens with two attached hydrogens (primary N) is 1. The molecule has 4 rings (SSSR count). The summed E-state index contributed by atoms with van der Waals surface area (Å²) in [5, 5.41) is 11.5. The van der Waals surface area contributed by atoms with Crippen LogP contribution in [0.1, 0.15) is 17.9 Å². The highest BCUT2D eigenvalue weighted by atomic mass is 32.2. The molecule has 0 aliphatic carbocycles. The second-order valence-electron chi connectivity index (χ2n) is 7.94. The van der Waals surface area contributed by atoms with Crippen molar-refractivity contribution in [2.75, 3.05) is 19.5 Å². The number of esters is 1. The fourth-order valence-electron chi connectivity index (χ4n) is 4.09. The second kappa shape index (κ2) is 10.3. The van der Waals surface area contributed by atoms with Gasteiger partial charge in [0.05, 0.1) is 48.8 Å². The molecule has 0 spiro atoms. The van der Waals surface area contributed by atoms with Gasteiger partial charge in [-0.2, -0.15) is 5.26 Å². The Hall–Kier alpha value is -4.37. The van der Waals surface area contributed by atoms with Gasteiger partial charge in [-0.15, -0.1) is 0 Å². The first-order chi connectivity index (χ1) is 17.7. The van der Waals surface area contributed by atoms with Crippen molar-refractivity contribution >= 4 is 35.2 Å². The van der Waals surface area contributed by atoms with Crippen LogP contribution in [0.5, 0.6) is 5.75 Å². The third-order valence-electron chi connectivity index (χ3n) is 5.86. The summed E-state index contributed by atoms with van der Waals surface area (Å²) in [5.41, 5.74) is 5.27. The van der Waals surface area contributed by atoms with Crippen LogP contribution in [0.15, 0.2) is 64.5 Å². The van der Waals surface area contributed by atoms with Crippen molar-refractivity contribution in [1.82, 2.24) is 4.90 Å². The largest absolute Gasteiger partial charge is 0.497 e. The van der Waals surface area contributed by atoms with Gasteiger partial charge in [0, 0.05) is 11.3 Å². The van der Waals surface area contributed by atoms with Crippen molar-refractivity contribution in [3.05, 3.63) is 81.7 Å². The van der Waals surface area contributed by atoms with E-state index in [4.69, 9.17) is 10.5 Å². The van der Waals surface area contributed by atoms with E-state index in [0.717, 1.165) is 42.0 Å². The molecule has 0 aromatic heterocycles. The van der Waals surface area contributed by atoms with Crippen LogP contribution in [0.3, 0.4) is 0 Å². The summed E-state index contributed by atoms with van der Waals surface area (Å²) in [7, 11) is 2.63. The first kappa shape index (κ1) is 25.7. The van der Waals surface area contributed by atoms with Gasteiger partial charge in [-0.1, -0.05) is 17.8 Å². The van der Waals surface area contributed by atoms with E-state index in [1.165, 1.54) is 7.11 Å². The summed E-state index contributed by atoms with van der Waals surface area (Å²) < 4.78 is 39.8. The molecule has 2 aliphatic rings. The molecule has 2 aliphatic heterocycles. The van der Waals surface area contributed by atoms with E-state index in [1.54, 1.807) is 24.3 Å². The van der Waals surface area contributed by atoms with Gasteiger partial charge in [0.25, 0.3) is 5.91 Å². The molecule has 0 saturated carbocycles. The SMILES string of the molecule is COC(=O)C[C@@H]1SC2=C(C(=O)Nc3ccc(OC)cc3)[C@H](c3c(F)cccc3F)C(C#N)=C(N)N2C1=O. The normalized spacial score (nSPS) is 18.9. The molecule has 0 bridgehead atoms. The van der Waals surface area contributed by atoms with E-state index < -0.39 is 46.1 Å². The molecule has 0 unspecified atom stereocenters. The number of amides is 2. The van der Waals surface area contributed by atoms with Crippen LogP contribution in [0.25, 0.3) is 0 Å². The van der Waals surface area contributed by atoms with Crippen LogP contribution in [-0.2, 0) is 19.1 Å². The van der Waals surface area contributed by atoms with Gasteiger partial charge in [-0.3, -0.25) is 19.3 Å². The van der Waals surface area contributed by atoms with E-state index in [9.17, 15) is 19.6 Å². The average molecular weight is 527 g/mol. The van der Waals surface area contributed by atoms with Gasteiger partial charge in [-0.05, 0) is 36.4 Å². The Balaban J connectivity index is 1.90. The second-order valence-corrected chi connectivity index (χ2v) is 9.13. The lowest BCUT2D eigenvalue weighted by Crippen LogP contribution is -2.39. The standard InChI is InChI=1S/C25H20F2N4O5S/c1-35-13-8-6-12(7-9-13)30-23(33)21-19(20-15(26)4-3-5-16(20)27)14(11-28)22(29)31-24(34)17(37-25(21)31)10-18(32)36-2/h3-9,17,19H,10,29H2,1-2H3,(H,30,33)/t17-,19-/m0/s1. The average Bonchev–Trinajstić information content (AvgIpc) is 3.20. The maximum absolute atomic E-state index is 15.0. The van der Waals surface area contributed by atoms with E-state index in [1.807, 2.05) is 6.07 Å². The Kier molecular flexibility index (Phi) is 7.17. The number of halogens is 2. The lowest BCUT2D eigenvalue weighted by molar-refractivity contribution is -0.142. The zero-order valence-corrected chi connectivity index (χ0v) is 20.4. The van der Waals surface area contributed by atoms with Crippen molar-refractivity contribution in [2.24, 2.45) is 5.73 Å². The molecule has 190 valence electrons. The number of nitriles is 1. The molecule has 9 nitrogen and oxygen atoms in total. The summed E-state index contributed by atoms with van der Waals surface area (Å²) >= 11 is 0.832. The number of carbonyl (C=O) groups is 3. The maximum Gasteiger partial charge on any atom is 0.307 e. The lowest BCUT2D eigenvalue weighted by atomic mass is 9.82. The number of anilines is 1. The van der Waals surface area contributed by atoms with E-state index in [-0.39, 0.29) is 28.4 Å². The number of methoxy groups -OCH3 is 2. The Bertz CT molecular complexity index is 1380. The van der Waals surface area contributed by atoms with Crippen LogP contribution < -0.4 is 15.8 Å². The third kappa shape index (κ3) is 4.61. The number of thioether (sulfide) groups is 1. The van der Waals surface area contributed by atoms with Gasteiger partial charge in [0.15, 0.2) is 0 Å². The van der Waals surface area contributed by atoms with Crippen molar-refractivity contribution in [3.8, 4) is 11.8 Å². The Labute approximate surface area is 214 Å². The molecule has 37 heavy (non-hydrogen) atoms. The number of fused-ring (bicyclic) bond motifs is 1. The minimum absolute atomic E-state index is 0.0333. The van der Waals surface area contributed by atoms with Gasteiger partial charge < -0.3 is 20.5 Å². The molecular weight excluding hydrogens is 506 g/mol. The first-order valence-corrected chi connectivity index (χ1v) is 11.7. The summed E-state index contributed by atoms with van der Waals surface area (Å²) in [6.45, 7) is 0. The molecule has 0 radical (unpaired) electrons. The van der Waals surface area contributed by atoms with E-state index >= 15 is 8.78 Å². The number of hydrogen-bond acceptors (Lipinski definition) is 8. The van der Waals surface area contributed by atoms with Crippen LogP contribution in [-0.4, -0.2) is 42.2 Å². The molecule has 2 aromatic rings. The summed E-state index contributed by atoms with van der Waals surface area (Å²) in [6.07, 6.45) is -0.346. The fraction of sp³-hybridized carbons (Fsp3) is 0.200. The number of carbonyl (C=O) groups excluding carboxylic acids is 3. The maximum atomic E-state index is 15.0. The van der Waals surface area contributed by atoms with Crippen molar-refractivity contribution in [2.45, 2.75) is 17.6 Å². The topological polar surface area (TPSA) is 135 Å². The lowest BCUT2D eigenvalue weighted by Gasteiger charge is -2.32. The molecule has 1 fully saturated rings. The predicted octanol–water partition coefficient (Wildman–Crippen LogP) is 3.12. The molecule has 2 aromatic carbocycles. The summed E-state index contributed by atoms with van der Waals surface area (Å²) in [6, 6.07) is 11.2. The fourth-order valence-corrected chi connectivity index (χ4v) is 5.42. The first-order valence-electron chi connectivity index (χ1n) is 10.8. The molecule has 2 amide bonds. The molecule has 3 N–H and O–H groups in total. The molecular formula is C25H20F2N4O5S. The van der Waals surface area contributed by atoms with Crippen LogP contribution >= 0.6 is 11.8 Å². The number of rotatable bonds is 6. The van der Waals surface area contributed by atoms with Crippen molar-refractivity contribution < 1.29 is 32.6 Å².